The van der Waals surface area contributed by atoms with Crippen molar-refractivity contribution in [3.63, 3.8) is 0 Å². The molecule has 1 aromatic carbocycles. The Morgan fingerprint density at radius 1 is 1.50 bits per heavy atom. The number of nitrogens with two attached hydrogens (primary N) is 1. The summed E-state index contributed by atoms with van der Waals surface area (Å²) < 4.78 is 32.0. The summed E-state index contributed by atoms with van der Waals surface area (Å²) in [6.45, 7) is 2.36. The molecule has 0 bridgehead atoms. The first kappa shape index (κ1) is 12.8. The Bertz CT molecular complexity index is 479. The molecule has 1 amide bonds. The van der Waals surface area contributed by atoms with E-state index in [1.807, 2.05) is 6.92 Å². The molecular formula is C12H14F2N2O2. The topological polar surface area (TPSA) is 64.3 Å². The van der Waals surface area contributed by atoms with E-state index >= 15 is 0 Å². The first-order valence-electron chi connectivity index (χ1n) is 5.66. The summed E-state index contributed by atoms with van der Waals surface area (Å²) in [4.78, 5) is 11.8. The molecule has 0 radical (unpaired) electrons. The van der Waals surface area contributed by atoms with E-state index in [4.69, 9.17) is 10.5 Å². The van der Waals surface area contributed by atoms with Crippen molar-refractivity contribution in [2.45, 2.75) is 25.5 Å². The molecule has 1 aliphatic rings. The minimum Gasteiger partial charge on any atom is -0.396 e. The van der Waals surface area contributed by atoms with Crippen LogP contribution in [0.1, 0.15) is 23.7 Å². The predicted molar refractivity (Wildman–Crippen MR) is 62.1 cm³/mol. The van der Waals surface area contributed by atoms with E-state index in [1.165, 1.54) is 0 Å². The van der Waals surface area contributed by atoms with Crippen LogP contribution in [0, 0.1) is 11.6 Å². The minimum absolute atomic E-state index is 0.136. The maximum Gasteiger partial charge on any atom is 0.254 e. The van der Waals surface area contributed by atoms with Gasteiger partial charge in [0, 0.05) is 6.61 Å². The Morgan fingerprint density at radius 3 is 2.83 bits per heavy atom. The predicted octanol–water partition coefficient (Wildman–Crippen LogP) is 1.45. The lowest BCUT2D eigenvalue weighted by Gasteiger charge is -2.16. The number of amides is 1. The summed E-state index contributed by atoms with van der Waals surface area (Å²) in [5, 5.41) is 2.61. The minimum atomic E-state index is -0.902. The SMILES string of the molecule is CC1OCCC1NC(=O)c1cc(F)cc(N)c1F. The number of nitrogen functional groups attached to an aromatic ring is 1. The highest BCUT2D eigenvalue weighted by Crippen LogP contribution is 2.19. The zero-order chi connectivity index (χ0) is 13.3. The normalized spacial score (nSPS) is 23.1. The van der Waals surface area contributed by atoms with Crippen LogP contribution in [0.4, 0.5) is 14.5 Å². The van der Waals surface area contributed by atoms with Crippen molar-refractivity contribution < 1.29 is 18.3 Å². The van der Waals surface area contributed by atoms with Crippen molar-refractivity contribution in [1.82, 2.24) is 5.32 Å². The van der Waals surface area contributed by atoms with Gasteiger partial charge in [-0.25, -0.2) is 8.78 Å². The summed E-state index contributed by atoms with van der Waals surface area (Å²) in [6.07, 6.45) is 0.516. The van der Waals surface area contributed by atoms with E-state index < -0.39 is 17.5 Å². The number of nitrogens with one attached hydrogen (secondary N) is 1. The molecule has 2 rings (SSSR count). The lowest BCUT2D eigenvalue weighted by Crippen LogP contribution is -2.39. The van der Waals surface area contributed by atoms with Gasteiger partial charge in [0.1, 0.15) is 5.82 Å². The van der Waals surface area contributed by atoms with E-state index in [2.05, 4.69) is 5.32 Å². The van der Waals surface area contributed by atoms with Crippen molar-refractivity contribution >= 4 is 11.6 Å². The molecular weight excluding hydrogens is 242 g/mol. The number of hydrogen-bond acceptors (Lipinski definition) is 3. The molecule has 1 aromatic rings. The fraction of sp³-hybridized carbons (Fsp3) is 0.417. The molecule has 0 aliphatic carbocycles. The molecule has 3 N–H and O–H groups in total. The van der Waals surface area contributed by atoms with Crippen molar-refractivity contribution in [2.24, 2.45) is 0 Å². The number of halogens is 2. The van der Waals surface area contributed by atoms with Crippen LogP contribution < -0.4 is 11.1 Å². The van der Waals surface area contributed by atoms with Crippen molar-refractivity contribution in [2.75, 3.05) is 12.3 Å². The van der Waals surface area contributed by atoms with E-state index in [9.17, 15) is 13.6 Å². The Hall–Kier alpha value is -1.69. The number of hydrogen-bond donors (Lipinski definition) is 2. The standard InChI is InChI=1S/C12H14F2N2O2/c1-6-10(2-3-18-6)16-12(17)8-4-7(13)5-9(15)11(8)14/h4-6,10H,2-3,15H2,1H3,(H,16,17). The molecule has 1 fully saturated rings. The van der Waals surface area contributed by atoms with E-state index in [0.717, 1.165) is 12.1 Å². The third kappa shape index (κ3) is 2.43. The molecule has 18 heavy (non-hydrogen) atoms. The first-order chi connectivity index (χ1) is 8.49. The van der Waals surface area contributed by atoms with E-state index in [1.54, 1.807) is 0 Å². The Labute approximate surface area is 103 Å². The van der Waals surface area contributed by atoms with Crippen molar-refractivity contribution in [3.05, 3.63) is 29.3 Å². The molecule has 0 aromatic heterocycles. The Balaban J connectivity index is 2.18. The van der Waals surface area contributed by atoms with Crippen LogP contribution in [0.25, 0.3) is 0 Å². The Morgan fingerprint density at radius 2 is 2.22 bits per heavy atom. The summed E-state index contributed by atoms with van der Waals surface area (Å²) >= 11 is 0. The van der Waals surface area contributed by atoms with Gasteiger partial charge in [-0.05, 0) is 25.5 Å². The number of anilines is 1. The van der Waals surface area contributed by atoms with Gasteiger partial charge >= 0.3 is 0 Å². The van der Waals surface area contributed by atoms with Gasteiger partial charge in [0.25, 0.3) is 5.91 Å². The number of carbonyl (C=O) groups excluding carboxylic acids is 1. The summed E-state index contributed by atoms with van der Waals surface area (Å²) in [5.41, 5.74) is 4.51. The van der Waals surface area contributed by atoms with Gasteiger partial charge in [0.15, 0.2) is 5.82 Å². The summed E-state index contributed by atoms with van der Waals surface area (Å²) in [5.74, 6) is -2.32. The van der Waals surface area contributed by atoms with Crippen LogP contribution in [0.15, 0.2) is 12.1 Å². The monoisotopic (exact) mass is 256 g/mol. The third-order valence-corrected chi connectivity index (χ3v) is 3.00. The lowest BCUT2D eigenvalue weighted by molar-refractivity contribution is 0.0862. The molecule has 0 saturated carbocycles. The first-order valence-corrected chi connectivity index (χ1v) is 5.66. The van der Waals surface area contributed by atoms with Gasteiger partial charge in [-0.1, -0.05) is 0 Å². The van der Waals surface area contributed by atoms with Crippen molar-refractivity contribution in [3.8, 4) is 0 Å². The Kier molecular flexibility index (Phi) is 3.47. The fourth-order valence-corrected chi connectivity index (χ4v) is 1.94. The highest BCUT2D eigenvalue weighted by atomic mass is 19.1. The largest absolute Gasteiger partial charge is 0.396 e. The maximum absolute atomic E-state index is 13.6. The zero-order valence-electron chi connectivity index (χ0n) is 9.87. The molecule has 2 unspecified atom stereocenters. The van der Waals surface area contributed by atoms with E-state index in [-0.39, 0.29) is 23.4 Å². The van der Waals surface area contributed by atoms with Crippen LogP contribution in [0.3, 0.4) is 0 Å². The molecule has 4 nitrogen and oxygen atoms in total. The second-order valence-electron chi connectivity index (χ2n) is 4.30. The second kappa shape index (κ2) is 4.89. The zero-order valence-corrected chi connectivity index (χ0v) is 9.87. The molecule has 2 atom stereocenters. The van der Waals surface area contributed by atoms with Crippen LogP contribution in [-0.2, 0) is 4.74 Å². The highest BCUT2D eigenvalue weighted by Gasteiger charge is 2.27. The summed E-state index contributed by atoms with van der Waals surface area (Å²) in [6, 6.07) is 1.48. The van der Waals surface area contributed by atoms with Gasteiger partial charge in [0.05, 0.1) is 23.4 Å². The number of ether oxygens (including phenoxy) is 1. The average Bonchev–Trinajstić information content (AvgIpc) is 2.69. The lowest BCUT2D eigenvalue weighted by atomic mass is 10.1. The fourth-order valence-electron chi connectivity index (χ4n) is 1.94. The molecule has 6 heteroatoms. The van der Waals surface area contributed by atoms with Gasteiger partial charge in [-0.3, -0.25) is 4.79 Å². The quantitative estimate of drug-likeness (QED) is 0.787. The number of carbonyl (C=O) groups is 1. The highest BCUT2D eigenvalue weighted by molar-refractivity contribution is 5.95. The number of benzene rings is 1. The number of rotatable bonds is 2. The second-order valence-corrected chi connectivity index (χ2v) is 4.30. The maximum atomic E-state index is 13.6. The van der Waals surface area contributed by atoms with Gasteiger partial charge < -0.3 is 15.8 Å². The molecule has 1 heterocycles. The molecule has 98 valence electrons. The average molecular weight is 256 g/mol. The van der Waals surface area contributed by atoms with Gasteiger partial charge in [-0.2, -0.15) is 0 Å². The van der Waals surface area contributed by atoms with Crippen LogP contribution in [-0.4, -0.2) is 24.7 Å². The van der Waals surface area contributed by atoms with Crippen LogP contribution in [0.5, 0.6) is 0 Å². The molecule has 1 saturated heterocycles. The van der Waals surface area contributed by atoms with Crippen LogP contribution in [0.2, 0.25) is 0 Å². The summed E-state index contributed by atoms with van der Waals surface area (Å²) in [7, 11) is 0. The van der Waals surface area contributed by atoms with Gasteiger partial charge in [0.2, 0.25) is 0 Å². The van der Waals surface area contributed by atoms with Crippen LogP contribution >= 0.6 is 0 Å². The van der Waals surface area contributed by atoms with Gasteiger partial charge in [-0.15, -0.1) is 0 Å². The third-order valence-electron chi connectivity index (χ3n) is 3.00. The molecule has 1 aliphatic heterocycles. The smallest absolute Gasteiger partial charge is 0.254 e. The van der Waals surface area contributed by atoms with Crippen molar-refractivity contribution in [1.29, 1.82) is 0 Å². The molecule has 0 spiro atoms. The van der Waals surface area contributed by atoms with E-state index in [0.29, 0.717) is 13.0 Å².